The Kier molecular flexibility index (Phi) is 12.0. The zero-order valence-corrected chi connectivity index (χ0v) is 26.7. The number of sulfonamides is 1. The Morgan fingerprint density at radius 2 is 1.57 bits per heavy atom. The highest BCUT2D eigenvalue weighted by Gasteiger charge is 2.34. The van der Waals surface area contributed by atoms with Crippen molar-refractivity contribution in [3.63, 3.8) is 0 Å². The summed E-state index contributed by atoms with van der Waals surface area (Å²) in [5.74, 6) is -0.502. The Morgan fingerprint density at radius 1 is 0.886 bits per heavy atom. The number of halogens is 1. The lowest BCUT2D eigenvalue weighted by Gasteiger charge is -2.33. The van der Waals surface area contributed by atoms with Crippen LogP contribution in [-0.2, 0) is 26.2 Å². The Labute approximate surface area is 258 Å². The predicted molar refractivity (Wildman–Crippen MR) is 166 cm³/mol. The molecule has 0 saturated carbocycles. The summed E-state index contributed by atoms with van der Waals surface area (Å²) in [4.78, 5) is 28.8. The Hall–Kier alpha value is -4.32. The quantitative estimate of drug-likeness (QED) is 0.258. The third-order valence-corrected chi connectivity index (χ3v) is 8.98. The van der Waals surface area contributed by atoms with Gasteiger partial charge in [-0.1, -0.05) is 26.0 Å². The molecule has 2 amide bonds. The van der Waals surface area contributed by atoms with Gasteiger partial charge in [0.1, 0.15) is 24.2 Å². The smallest absolute Gasteiger partial charge is 0.264 e. The minimum Gasteiger partial charge on any atom is -0.497 e. The lowest BCUT2D eigenvalue weighted by molar-refractivity contribution is -0.140. The SMILES string of the molecule is CC[C@@H](C)NC(=O)[C@@H](CC)N(Cc1cccc(OC)c1)C(=O)CN(c1ccc(F)cc1)S(=O)(=O)c1ccc(OC)c(OC)c1. The van der Waals surface area contributed by atoms with E-state index in [1.165, 1.54) is 56.6 Å². The van der Waals surface area contributed by atoms with E-state index in [0.29, 0.717) is 23.5 Å². The summed E-state index contributed by atoms with van der Waals surface area (Å²) >= 11 is 0. The number of nitrogens with zero attached hydrogens (tertiary/aromatic N) is 2. The monoisotopic (exact) mass is 629 g/mol. The van der Waals surface area contributed by atoms with Gasteiger partial charge in [0.15, 0.2) is 11.5 Å². The van der Waals surface area contributed by atoms with Gasteiger partial charge in [-0.3, -0.25) is 13.9 Å². The summed E-state index contributed by atoms with van der Waals surface area (Å²) in [5, 5.41) is 2.94. The van der Waals surface area contributed by atoms with Crippen molar-refractivity contribution < 1.29 is 36.6 Å². The fourth-order valence-electron chi connectivity index (χ4n) is 4.57. The largest absolute Gasteiger partial charge is 0.497 e. The van der Waals surface area contributed by atoms with Crippen LogP contribution in [0.1, 0.15) is 39.2 Å². The second kappa shape index (κ2) is 15.4. The van der Waals surface area contributed by atoms with Gasteiger partial charge in [0, 0.05) is 18.7 Å². The van der Waals surface area contributed by atoms with E-state index in [9.17, 15) is 22.4 Å². The summed E-state index contributed by atoms with van der Waals surface area (Å²) in [6.45, 7) is 4.93. The van der Waals surface area contributed by atoms with Crippen LogP contribution in [0.15, 0.2) is 71.6 Å². The Bertz CT molecular complexity index is 1530. The van der Waals surface area contributed by atoms with Crippen LogP contribution >= 0.6 is 0 Å². The van der Waals surface area contributed by atoms with Crippen LogP contribution in [0.5, 0.6) is 17.2 Å². The highest BCUT2D eigenvalue weighted by Crippen LogP contribution is 2.32. The van der Waals surface area contributed by atoms with Crippen LogP contribution in [-0.4, -0.2) is 65.1 Å². The molecule has 0 radical (unpaired) electrons. The lowest BCUT2D eigenvalue weighted by atomic mass is 10.1. The number of benzene rings is 3. The molecule has 3 aromatic rings. The topological polar surface area (TPSA) is 114 Å². The zero-order valence-electron chi connectivity index (χ0n) is 25.9. The molecule has 0 aliphatic heterocycles. The average Bonchev–Trinajstić information content (AvgIpc) is 3.03. The summed E-state index contributed by atoms with van der Waals surface area (Å²) in [5.41, 5.74) is 0.747. The van der Waals surface area contributed by atoms with E-state index in [1.54, 1.807) is 31.2 Å². The maximum Gasteiger partial charge on any atom is 0.264 e. The molecule has 12 heteroatoms. The number of hydrogen-bond donors (Lipinski definition) is 1. The van der Waals surface area contributed by atoms with Crippen LogP contribution in [0, 0.1) is 5.82 Å². The molecule has 0 unspecified atom stereocenters. The van der Waals surface area contributed by atoms with Crippen molar-refractivity contribution in [3.05, 3.63) is 78.1 Å². The second-order valence-corrected chi connectivity index (χ2v) is 12.0. The van der Waals surface area contributed by atoms with E-state index in [2.05, 4.69) is 5.32 Å². The van der Waals surface area contributed by atoms with Crippen LogP contribution < -0.4 is 23.8 Å². The van der Waals surface area contributed by atoms with E-state index in [-0.39, 0.29) is 41.2 Å². The molecule has 0 aliphatic rings. The maximum atomic E-state index is 14.2. The fraction of sp³-hybridized carbons (Fsp3) is 0.375. The van der Waals surface area contributed by atoms with Gasteiger partial charge in [0.25, 0.3) is 10.0 Å². The number of carbonyl (C=O) groups is 2. The van der Waals surface area contributed by atoms with Crippen molar-refractivity contribution in [2.45, 2.75) is 57.1 Å². The fourth-order valence-corrected chi connectivity index (χ4v) is 6.00. The number of carbonyl (C=O) groups excluding carboxylic acids is 2. The van der Waals surface area contributed by atoms with Gasteiger partial charge in [-0.25, -0.2) is 12.8 Å². The molecule has 0 bridgehead atoms. The number of ether oxygens (including phenoxy) is 3. The first-order valence-electron chi connectivity index (χ1n) is 14.2. The number of amides is 2. The molecule has 0 fully saturated rings. The Morgan fingerprint density at radius 3 is 2.16 bits per heavy atom. The minimum absolute atomic E-state index is 0.0100. The first-order valence-corrected chi connectivity index (χ1v) is 15.7. The van der Waals surface area contributed by atoms with Crippen LogP contribution in [0.4, 0.5) is 10.1 Å². The molecule has 44 heavy (non-hydrogen) atoms. The highest BCUT2D eigenvalue weighted by atomic mass is 32.2. The van der Waals surface area contributed by atoms with Gasteiger partial charge in [-0.15, -0.1) is 0 Å². The average molecular weight is 630 g/mol. The predicted octanol–water partition coefficient (Wildman–Crippen LogP) is 4.77. The summed E-state index contributed by atoms with van der Waals surface area (Å²) < 4.78 is 58.9. The first kappa shape index (κ1) is 34.2. The summed E-state index contributed by atoms with van der Waals surface area (Å²) in [7, 11) is -0.0803. The van der Waals surface area contributed by atoms with E-state index in [1.807, 2.05) is 13.8 Å². The first-order chi connectivity index (χ1) is 21.0. The van der Waals surface area contributed by atoms with Gasteiger partial charge >= 0.3 is 0 Å². The molecule has 0 heterocycles. The van der Waals surface area contributed by atoms with Crippen molar-refractivity contribution in [2.75, 3.05) is 32.2 Å². The van der Waals surface area contributed by atoms with Crippen molar-refractivity contribution in [2.24, 2.45) is 0 Å². The lowest BCUT2D eigenvalue weighted by Crippen LogP contribution is -2.53. The molecule has 0 aromatic heterocycles. The molecular formula is C32H40FN3O7S. The highest BCUT2D eigenvalue weighted by molar-refractivity contribution is 7.92. The molecule has 0 spiro atoms. The molecule has 0 aliphatic carbocycles. The van der Waals surface area contributed by atoms with E-state index in [0.717, 1.165) is 16.4 Å². The van der Waals surface area contributed by atoms with Crippen LogP contribution in [0.3, 0.4) is 0 Å². The molecule has 2 atom stereocenters. The van der Waals surface area contributed by atoms with E-state index in [4.69, 9.17) is 14.2 Å². The van der Waals surface area contributed by atoms with Gasteiger partial charge < -0.3 is 24.4 Å². The van der Waals surface area contributed by atoms with Crippen molar-refractivity contribution in [1.29, 1.82) is 0 Å². The normalized spacial score (nSPS) is 12.5. The maximum absolute atomic E-state index is 14.2. The van der Waals surface area contributed by atoms with Gasteiger partial charge in [-0.05, 0) is 73.9 Å². The van der Waals surface area contributed by atoms with Gasteiger partial charge in [-0.2, -0.15) is 0 Å². The van der Waals surface area contributed by atoms with Gasteiger partial charge in [0.05, 0.1) is 31.9 Å². The molecule has 3 aromatic carbocycles. The third kappa shape index (κ3) is 8.19. The van der Waals surface area contributed by atoms with Crippen LogP contribution in [0.25, 0.3) is 0 Å². The van der Waals surface area contributed by atoms with Crippen LogP contribution in [0.2, 0.25) is 0 Å². The summed E-state index contributed by atoms with van der Waals surface area (Å²) in [6.07, 6.45) is 0.963. The van der Waals surface area contributed by atoms with Crippen molar-refractivity contribution >= 4 is 27.5 Å². The number of anilines is 1. The molecule has 10 nitrogen and oxygen atoms in total. The zero-order chi connectivity index (χ0) is 32.4. The number of hydrogen-bond acceptors (Lipinski definition) is 7. The number of methoxy groups -OCH3 is 3. The molecule has 0 saturated heterocycles. The van der Waals surface area contributed by atoms with E-state index < -0.39 is 34.3 Å². The van der Waals surface area contributed by atoms with Gasteiger partial charge in [0.2, 0.25) is 11.8 Å². The van der Waals surface area contributed by atoms with Crippen molar-refractivity contribution in [1.82, 2.24) is 10.2 Å². The Balaban J connectivity index is 2.10. The number of nitrogens with one attached hydrogen (secondary N) is 1. The molecule has 3 rings (SSSR count). The number of rotatable bonds is 15. The molecule has 238 valence electrons. The summed E-state index contributed by atoms with van der Waals surface area (Å²) in [6, 6.07) is 14.9. The van der Waals surface area contributed by atoms with Crippen molar-refractivity contribution in [3.8, 4) is 17.2 Å². The third-order valence-electron chi connectivity index (χ3n) is 7.21. The second-order valence-electron chi connectivity index (χ2n) is 10.1. The molecule has 1 N–H and O–H groups in total. The van der Waals surface area contributed by atoms with E-state index >= 15 is 0 Å². The minimum atomic E-state index is -4.41. The molecular weight excluding hydrogens is 589 g/mol. The standard InChI is InChI=1S/C32H40FN3O7S/c1-7-22(3)34-32(38)28(8-2)35(20-23-10-9-11-26(18-23)41-4)31(37)21-36(25-14-12-24(33)13-15-25)44(39,40)27-16-17-29(42-5)30(19-27)43-6/h9-19,22,28H,7-8,20-21H2,1-6H3,(H,34,38)/t22-,28-/m1/s1.